The maximum atomic E-state index is 11.2. The first-order valence-corrected chi connectivity index (χ1v) is 6.08. The summed E-state index contributed by atoms with van der Waals surface area (Å²) in [5.74, 6) is -1.46. The first kappa shape index (κ1) is 13.9. The molecular formula is C8H14N2O4S. The number of nitriles is 1. The van der Waals surface area contributed by atoms with Gasteiger partial charge in [0.2, 0.25) is 10.0 Å². The number of sulfonamides is 1. The fraction of sp³-hybridized carbons (Fsp3) is 0.750. The Labute approximate surface area is 89.3 Å². The Kier molecular flexibility index (Phi) is 6.66. The van der Waals surface area contributed by atoms with Crippen LogP contribution in [0.4, 0.5) is 0 Å². The molecular weight excluding hydrogens is 220 g/mol. The highest BCUT2D eigenvalue weighted by Crippen LogP contribution is 1.93. The molecule has 0 saturated carbocycles. The van der Waals surface area contributed by atoms with Gasteiger partial charge in [0, 0.05) is 13.0 Å². The van der Waals surface area contributed by atoms with Gasteiger partial charge in [0.1, 0.15) is 0 Å². The zero-order valence-electron chi connectivity index (χ0n) is 8.52. The number of nitrogens with one attached hydrogen (secondary N) is 1. The van der Waals surface area contributed by atoms with Gasteiger partial charge >= 0.3 is 5.97 Å². The second-order valence-electron chi connectivity index (χ2n) is 2.84. The summed E-state index contributed by atoms with van der Waals surface area (Å²) in [5, 5.41) is 8.23. The molecule has 15 heavy (non-hydrogen) atoms. The molecule has 0 saturated heterocycles. The zero-order valence-corrected chi connectivity index (χ0v) is 9.34. The highest BCUT2D eigenvalue weighted by Gasteiger charge is 2.15. The number of rotatable bonds is 7. The molecule has 0 aromatic heterocycles. The summed E-state index contributed by atoms with van der Waals surface area (Å²) in [6, 6.07) is 1.96. The van der Waals surface area contributed by atoms with Crippen molar-refractivity contribution in [3.63, 3.8) is 0 Å². The minimum atomic E-state index is -3.59. The van der Waals surface area contributed by atoms with Gasteiger partial charge in [-0.3, -0.25) is 4.79 Å². The van der Waals surface area contributed by atoms with E-state index in [4.69, 9.17) is 5.26 Å². The number of esters is 1. The molecule has 0 heterocycles. The molecule has 7 heteroatoms. The molecule has 0 fully saturated rings. The summed E-state index contributed by atoms with van der Waals surface area (Å²) in [6.45, 7) is 0.237. The summed E-state index contributed by atoms with van der Waals surface area (Å²) in [7, 11) is -2.46. The van der Waals surface area contributed by atoms with Crippen LogP contribution in [-0.4, -0.2) is 33.8 Å². The van der Waals surface area contributed by atoms with Crippen molar-refractivity contribution in [2.75, 3.05) is 19.4 Å². The number of carbonyl (C=O) groups excluding carboxylic acids is 1. The molecule has 86 valence electrons. The predicted octanol–water partition coefficient (Wildman–Crippen LogP) is -0.227. The average Bonchev–Trinajstić information content (AvgIpc) is 2.16. The molecule has 0 bridgehead atoms. The molecule has 0 rings (SSSR count). The lowest BCUT2D eigenvalue weighted by molar-refractivity contribution is -0.137. The van der Waals surface area contributed by atoms with Crippen LogP contribution in [0.5, 0.6) is 0 Å². The van der Waals surface area contributed by atoms with Gasteiger partial charge < -0.3 is 4.74 Å². The Morgan fingerprint density at radius 3 is 2.67 bits per heavy atom. The molecule has 0 aromatic rings. The minimum Gasteiger partial charge on any atom is -0.468 e. The van der Waals surface area contributed by atoms with Crippen molar-refractivity contribution in [3.8, 4) is 6.07 Å². The molecule has 0 spiro atoms. The molecule has 0 atom stereocenters. The number of methoxy groups -OCH3 is 1. The summed E-state index contributed by atoms with van der Waals surface area (Å²) in [6.07, 6.45) is 1.62. The van der Waals surface area contributed by atoms with Crippen molar-refractivity contribution in [2.45, 2.75) is 19.3 Å². The van der Waals surface area contributed by atoms with Crippen molar-refractivity contribution in [1.29, 1.82) is 5.26 Å². The number of nitrogens with zero attached hydrogens (tertiary/aromatic N) is 1. The highest BCUT2D eigenvalue weighted by molar-refractivity contribution is 7.90. The van der Waals surface area contributed by atoms with E-state index in [1.54, 1.807) is 0 Å². The van der Waals surface area contributed by atoms with E-state index in [-0.39, 0.29) is 6.54 Å². The second kappa shape index (κ2) is 7.20. The maximum absolute atomic E-state index is 11.2. The average molecular weight is 234 g/mol. The molecule has 0 amide bonds. The maximum Gasteiger partial charge on any atom is 0.322 e. The normalized spacial score (nSPS) is 10.7. The van der Waals surface area contributed by atoms with E-state index in [1.165, 1.54) is 0 Å². The van der Waals surface area contributed by atoms with E-state index >= 15 is 0 Å². The lowest BCUT2D eigenvalue weighted by Gasteiger charge is -2.04. The standard InChI is InChI=1S/C8H14N2O4S/c1-14-8(11)7-15(12,13)10-6-4-2-3-5-9/h10H,2-4,6-7H2,1H3. The smallest absolute Gasteiger partial charge is 0.322 e. The summed E-state index contributed by atoms with van der Waals surface area (Å²) < 4.78 is 28.8. The number of carbonyl (C=O) groups is 1. The van der Waals surface area contributed by atoms with Crippen LogP contribution in [0, 0.1) is 11.3 Å². The van der Waals surface area contributed by atoms with Crippen LogP contribution in [0.15, 0.2) is 0 Å². The summed E-state index contributed by atoms with van der Waals surface area (Å²) in [4.78, 5) is 10.7. The highest BCUT2D eigenvalue weighted by atomic mass is 32.2. The lowest BCUT2D eigenvalue weighted by Crippen LogP contribution is -2.31. The third-order valence-electron chi connectivity index (χ3n) is 1.57. The SMILES string of the molecule is COC(=O)CS(=O)(=O)NCCCCC#N. The van der Waals surface area contributed by atoms with Crippen molar-refractivity contribution in [1.82, 2.24) is 4.72 Å². The van der Waals surface area contributed by atoms with Crippen LogP contribution >= 0.6 is 0 Å². The van der Waals surface area contributed by atoms with Gasteiger partial charge in [0.15, 0.2) is 5.75 Å². The fourth-order valence-corrected chi connectivity index (χ4v) is 1.81. The topological polar surface area (TPSA) is 96.3 Å². The van der Waals surface area contributed by atoms with E-state index in [2.05, 4.69) is 9.46 Å². The largest absolute Gasteiger partial charge is 0.468 e. The van der Waals surface area contributed by atoms with E-state index in [9.17, 15) is 13.2 Å². The van der Waals surface area contributed by atoms with Gasteiger partial charge in [-0.2, -0.15) is 5.26 Å². The Balaban J connectivity index is 3.76. The zero-order chi connectivity index (χ0) is 11.7. The van der Waals surface area contributed by atoms with Gasteiger partial charge in [-0.05, 0) is 12.8 Å². The summed E-state index contributed by atoms with van der Waals surface area (Å²) in [5.41, 5.74) is 0. The number of unbranched alkanes of at least 4 members (excludes halogenated alkanes) is 2. The van der Waals surface area contributed by atoms with E-state index in [1.807, 2.05) is 6.07 Å². The molecule has 0 aliphatic heterocycles. The van der Waals surface area contributed by atoms with Crippen LogP contribution in [0.2, 0.25) is 0 Å². The van der Waals surface area contributed by atoms with E-state index in [0.29, 0.717) is 19.3 Å². The second-order valence-corrected chi connectivity index (χ2v) is 4.65. The molecule has 0 radical (unpaired) electrons. The molecule has 0 aromatic carbocycles. The Morgan fingerprint density at radius 2 is 2.13 bits per heavy atom. The monoisotopic (exact) mass is 234 g/mol. The molecule has 0 unspecified atom stereocenters. The van der Waals surface area contributed by atoms with Gasteiger partial charge in [0.25, 0.3) is 0 Å². The van der Waals surface area contributed by atoms with Gasteiger partial charge in [-0.25, -0.2) is 13.1 Å². The van der Waals surface area contributed by atoms with Crippen molar-refractivity contribution >= 4 is 16.0 Å². The predicted molar refractivity (Wildman–Crippen MR) is 53.3 cm³/mol. The van der Waals surface area contributed by atoms with E-state index in [0.717, 1.165) is 7.11 Å². The number of hydrogen-bond acceptors (Lipinski definition) is 5. The quantitative estimate of drug-likeness (QED) is 0.485. The fourth-order valence-electron chi connectivity index (χ4n) is 0.822. The van der Waals surface area contributed by atoms with Crippen LogP contribution in [0.25, 0.3) is 0 Å². The van der Waals surface area contributed by atoms with Crippen LogP contribution in [-0.2, 0) is 19.6 Å². The van der Waals surface area contributed by atoms with Gasteiger partial charge in [-0.15, -0.1) is 0 Å². The third kappa shape index (κ3) is 7.90. The van der Waals surface area contributed by atoms with Crippen LogP contribution in [0.1, 0.15) is 19.3 Å². The van der Waals surface area contributed by atoms with Gasteiger partial charge in [0.05, 0.1) is 13.2 Å². The third-order valence-corrected chi connectivity index (χ3v) is 2.83. The molecule has 1 N–H and O–H groups in total. The van der Waals surface area contributed by atoms with E-state index < -0.39 is 21.7 Å². The molecule has 0 aliphatic carbocycles. The Morgan fingerprint density at radius 1 is 1.47 bits per heavy atom. The summed E-state index contributed by atoms with van der Waals surface area (Å²) >= 11 is 0. The van der Waals surface area contributed by atoms with Crippen molar-refractivity contribution < 1.29 is 17.9 Å². The Hall–Kier alpha value is -1.13. The lowest BCUT2D eigenvalue weighted by atomic mass is 10.2. The minimum absolute atomic E-state index is 0.237. The first-order chi connectivity index (χ1) is 7.02. The van der Waals surface area contributed by atoms with Crippen LogP contribution in [0.3, 0.4) is 0 Å². The molecule has 0 aliphatic rings. The molecule has 6 nitrogen and oxygen atoms in total. The van der Waals surface area contributed by atoms with Crippen molar-refractivity contribution in [2.24, 2.45) is 0 Å². The van der Waals surface area contributed by atoms with Crippen molar-refractivity contribution in [3.05, 3.63) is 0 Å². The number of ether oxygens (including phenoxy) is 1. The number of hydrogen-bond donors (Lipinski definition) is 1. The van der Waals surface area contributed by atoms with Gasteiger partial charge in [-0.1, -0.05) is 0 Å². The van der Waals surface area contributed by atoms with Crippen LogP contribution < -0.4 is 4.72 Å². The first-order valence-electron chi connectivity index (χ1n) is 4.43. The Bertz CT molecular complexity index is 331.